The Bertz CT molecular complexity index is 504. The summed E-state index contributed by atoms with van der Waals surface area (Å²) in [6.45, 7) is 7.07. The van der Waals surface area contributed by atoms with Crippen molar-refractivity contribution in [1.82, 2.24) is 20.5 Å². The molecule has 7 heteroatoms. The number of rotatable bonds is 6. The lowest BCUT2D eigenvalue weighted by Gasteiger charge is -2.30. The average Bonchev–Trinajstić information content (AvgIpc) is 2.57. The van der Waals surface area contributed by atoms with Crippen molar-refractivity contribution in [2.24, 2.45) is 10.9 Å². The Morgan fingerprint density at radius 1 is 1.38 bits per heavy atom. The van der Waals surface area contributed by atoms with Crippen LogP contribution in [-0.2, 0) is 6.54 Å². The highest BCUT2D eigenvalue weighted by Gasteiger charge is 2.14. The van der Waals surface area contributed by atoms with Crippen molar-refractivity contribution in [2.45, 2.75) is 32.7 Å². The molecule has 1 aliphatic rings. The minimum absolute atomic E-state index is 0. The van der Waals surface area contributed by atoms with Gasteiger partial charge in [-0.1, -0.05) is 6.92 Å². The number of likely N-dealkylation sites (tertiary alicyclic amines) is 1. The Balaban J connectivity index is 0.00000288. The fourth-order valence-electron chi connectivity index (χ4n) is 2.73. The first-order valence-electron chi connectivity index (χ1n) is 8.45. The molecule has 0 amide bonds. The largest absolute Gasteiger partial charge is 0.356 e. The molecule has 1 saturated heterocycles. The predicted molar refractivity (Wildman–Crippen MR) is 107 cm³/mol. The number of aliphatic imine (C=N–C) groups is 1. The minimum atomic E-state index is -0.297. The van der Waals surface area contributed by atoms with Crippen LogP contribution in [0.2, 0.25) is 0 Å². The highest BCUT2D eigenvalue weighted by molar-refractivity contribution is 14.0. The maximum absolute atomic E-state index is 13.5. The van der Waals surface area contributed by atoms with E-state index < -0.39 is 0 Å². The maximum Gasteiger partial charge on any atom is 0.191 e. The number of hydrogen-bond donors (Lipinski definition) is 2. The van der Waals surface area contributed by atoms with E-state index in [0.717, 1.165) is 25.4 Å². The van der Waals surface area contributed by atoms with Crippen molar-refractivity contribution in [2.75, 3.05) is 33.2 Å². The smallest absolute Gasteiger partial charge is 0.191 e. The summed E-state index contributed by atoms with van der Waals surface area (Å²) in [5.41, 5.74) is 0.401. The maximum atomic E-state index is 13.5. The van der Waals surface area contributed by atoms with Crippen molar-refractivity contribution in [3.63, 3.8) is 0 Å². The van der Waals surface area contributed by atoms with E-state index in [0.29, 0.717) is 18.2 Å². The molecule has 2 N–H and O–H groups in total. The number of nitrogens with one attached hydrogen (secondary N) is 2. The zero-order valence-electron chi connectivity index (χ0n) is 14.6. The van der Waals surface area contributed by atoms with Gasteiger partial charge in [-0.15, -0.1) is 24.0 Å². The van der Waals surface area contributed by atoms with Gasteiger partial charge in [0.15, 0.2) is 5.96 Å². The summed E-state index contributed by atoms with van der Waals surface area (Å²) in [7, 11) is 1.72. The van der Waals surface area contributed by atoms with E-state index in [4.69, 9.17) is 0 Å². The molecule has 2 heterocycles. The Labute approximate surface area is 161 Å². The van der Waals surface area contributed by atoms with Gasteiger partial charge in [-0.25, -0.2) is 4.39 Å². The second-order valence-electron chi connectivity index (χ2n) is 6.16. The van der Waals surface area contributed by atoms with Gasteiger partial charge in [0.05, 0.1) is 12.2 Å². The first-order valence-corrected chi connectivity index (χ1v) is 8.45. The molecule has 5 nitrogen and oxygen atoms in total. The fraction of sp³-hybridized carbons (Fsp3) is 0.647. The predicted octanol–water partition coefficient (Wildman–Crippen LogP) is 2.63. The quantitative estimate of drug-likeness (QED) is 0.304. The number of aromatic nitrogens is 1. The molecule has 136 valence electrons. The lowest BCUT2D eigenvalue weighted by molar-refractivity contribution is 0.191. The summed E-state index contributed by atoms with van der Waals surface area (Å²) in [6, 6.07) is 3.01. The van der Waals surface area contributed by atoms with E-state index in [9.17, 15) is 4.39 Å². The first kappa shape index (κ1) is 21.1. The summed E-state index contributed by atoms with van der Waals surface area (Å²) < 4.78 is 13.5. The molecule has 1 aliphatic heterocycles. The van der Waals surface area contributed by atoms with Crippen molar-refractivity contribution in [3.8, 4) is 0 Å². The Kier molecular flexibility index (Phi) is 10.2. The highest BCUT2D eigenvalue weighted by atomic mass is 127. The molecular weight excluding hydrogens is 420 g/mol. The Hall–Kier alpha value is -0.960. The lowest BCUT2D eigenvalue weighted by Crippen LogP contribution is -2.39. The molecule has 1 aromatic heterocycles. The number of hydrogen-bond acceptors (Lipinski definition) is 3. The van der Waals surface area contributed by atoms with Gasteiger partial charge in [0.25, 0.3) is 0 Å². The zero-order chi connectivity index (χ0) is 16.5. The normalized spacial score (nSPS) is 16.5. The molecule has 24 heavy (non-hydrogen) atoms. The van der Waals surface area contributed by atoms with Crippen molar-refractivity contribution < 1.29 is 4.39 Å². The van der Waals surface area contributed by atoms with E-state index in [2.05, 4.69) is 32.4 Å². The van der Waals surface area contributed by atoms with Gasteiger partial charge in [0, 0.05) is 19.8 Å². The minimum Gasteiger partial charge on any atom is -0.356 e. The summed E-state index contributed by atoms with van der Waals surface area (Å²) in [4.78, 5) is 10.7. The monoisotopic (exact) mass is 449 g/mol. The summed E-state index contributed by atoms with van der Waals surface area (Å²) in [6.07, 6.45) is 5.29. The molecule has 0 aliphatic carbocycles. The van der Waals surface area contributed by atoms with Crippen molar-refractivity contribution >= 4 is 29.9 Å². The van der Waals surface area contributed by atoms with E-state index in [1.807, 2.05) is 0 Å². The number of halogens is 2. The molecule has 0 unspecified atom stereocenters. The van der Waals surface area contributed by atoms with Gasteiger partial charge in [-0.05, 0) is 56.9 Å². The van der Waals surface area contributed by atoms with Gasteiger partial charge in [0.2, 0.25) is 0 Å². The molecule has 0 aromatic carbocycles. The van der Waals surface area contributed by atoms with Crippen LogP contribution < -0.4 is 10.6 Å². The van der Waals surface area contributed by atoms with E-state index in [-0.39, 0.29) is 29.8 Å². The van der Waals surface area contributed by atoms with Crippen LogP contribution in [0.25, 0.3) is 0 Å². The third kappa shape index (κ3) is 7.29. The molecule has 0 bridgehead atoms. The van der Waals surface area contributed by atoms with E-state index in [1.165, 1.54) is 32.0 Å². The van der Waals surface area contributed by atoms with Crippen molar-refractivity contribution in [1.29, 1.82) is 0 Å². The third-order valence-corrected chi connectivity index (χ3v) is 4.30. The fourth-order valence-corrected chi connectivity index (χ4v) is 2.73. The topological polar surface area (TPSA) is 52.6 Å². The molecule has 0 radical (unpaired) electrons. The third-order valence-electron chi connectivity index (χ3n) is 4.30. The standard InChI is InChI=1S/C17H28FN5.HI/c1-14-6-11-23(12-7-14)10-4-9-21-17(19-2)22-13-16-15(18)5-3-8-20-16;/h3,5,8,14H,4,6-7,9-13H2,1-2H3,(H2,19,21,22);1H. The zero-order valence-corrected chi connectivity index (χ0v) is 16.9. The van der Waals surface area contributed by atoms with Crippen LogP contribution >= 0.6 is 24.0 Å². The molecule has 2 rings (SSSR count). The summed E-state index contributed by atoms with van der Waals surface area (Å²) >= 11 is 0. The number of nitrogens with zero attached hydrogens (tertiary/aromatic N) is 3. The van der Waals surface area contributed by atoms with Crippen LogP contribution in [0.4, 0.5) is 4.39 Å². The molecular formula is C17H29FIN5. The average molecular weight is 449 g/mol. The Morgan fingerprint density at radius 2 is 2.12 bits per heavy atom. The lowest BCUT2D eigenvalue weighted by atomic mass is 9.99. The van der Waals surface area contributed by atoms with Crippen LogP contribution in [-0.4, -0.2) is 49.1 Å². The second-order valence-corrected chi connectivity index (χ2v) is 6.16. The Morgan fingerprint density at radius 3 is 2.79 bits per heavy atom. The van der Waals surface area contributed by atoms with Gasteiger partial charge < -0.3 is 15.5 Å². The van der Waals surface area contributed by atoms with Crippen LogP contribution in [0.1, 0.15) is 31.9 Å². The van der Waals surface area contributed by atoms with Crippen LogP contribution in [0.15, 0.2) is 23.3 Å². The molecule has 1 fully saturated rings. The second kappa shape index (κ2) is 11.6. The van der Waals surface area contributed by atoms with Gasteiger partial charge in [-0.3, -0.25) is 9.98 Å². The molecule has 0 saturated carbocycles. The number of pyridine rings is 1. The summed E-state index contributed by atoms with van der Waals surface area (Å²) in [5, 5.41) is 6.36. The van der Waals surface area contributed by atoms with Crippen LogP contribution in [0, 0.1) is 11.7 Å². The van der Waals surface area contributed by atoms with Crippen LogP contribution in [0.5, 0.6) is 0 Å². The van der Waals surface area contributed by atoms with Gasteiger partial charge >= 0.3 is 0 Å². The molecule has 0 spiro atoms. The summed E-state index contributed by atoms with van der Waals surface area (Å²) in [5.74, 6) is 1.26. The van der Waals surface area contributed by atoms with Crippen molar-refractivity contribution in [3.05, 3.63) is 29.8 Å². The van der Waals surface area contributed by atoms with E-state index >= 15 is 0 Å². The molecule has 0 atom stereocenters. The number of guanidine groups is 1. The first-order chi connectivity index (χ1) is 11.2. The van der Waals surface area contributed by atoms with Gasteiger partial charge in [-0.2, -0.15) is 0 Å². The highest BCUT2D eigenvalue weighted by Crippen LogP contribution is 2.15. The van der Waals surface area contributed by atoms with E-state index in [1.54, 1.807) is 19.3 Å². The molecule has 1 aromatic rings. The van der Waals surface area contributed by atoms with Crippen LogP contribution in [0.3, 0.4) is 0 Å². The number of piperidine rings is 1. The van der Waals surface area contributed by atoms with Gasteiger partial charge in [0.1, 0.15) is 5.82 Å². The SMILES string of the molecule is CN=C(NCCCN1CCC(C)CC1)NCc1ncccc1F.I.